The number of amides is 1. The Morgan fingerprint density at radius 3 is 2.18 bits per heavy atom. The van der Waals surface area contributed by atoms with Crippen LogP contribution in [-0.4, -0.2) is 30.9 Å². The zero-order valence-corrected chi connectivity index (χ0v) is 8.05. The predicted molar refractivity (Wildman–Crippen MR) is 48.3 cm³/mol. The van der Waals surface area contributed by atoms with Crippen molar-refractivity contribution >= 4 is 5.91 Å². The van der Waals surface area contributed by atoms with Gasteiger partial charge in [-0.3, -0.25) is 4.79 Å². The Morgan fingerprint density at radius 2 is 1.91 bits per heavy atom. The van der Waals surface area contributed by atoms with Crippen LogP contribution in [0.3, 0.4) is 0 Å². The lowest BCUT2D eigenvalue weighted by atomic mass is 10.4. The first-order chi connectivity index (χ1) is 5.22. The first-order valence-electron chi connectivity index (χ1n) is 4.16. The molecule has 0 aliphatic carbocycles. The van der Waals surface area contributed by atoms with Gasteiger partial charge >= 0.3 is 0 Å². The van der Waals surface area contributed by atoms with E-state index < -0.39 is 0 Å². The highest BCUT2D eigenvalue weighted by molar-refractivity contribution is 5.75. The highest BCUT2D eigenvalue weighted by Gasteiger charge is 2.01. The Kier molecular flexibility index (Phi) is 11.2. The highest BCUT2D eigenvalue weighted by Crippen LogP contribution is 1.86. The second-order valence-corrected chi connectivity index (χ2v) is 1.96. The van der Waals surface area contributed by atoms with Crippen molar-refractivity contribution < 1.29 is 4.79 Å². The largest absolute Gasteiger partial charge is 0.345 e. The van der Waals surface area contributed by atoms with Gasteiger partial charge in [-0.1, -0.05) is 20.8 Å². The Balaban J connectivity index is 0. The van der Waals surface area contributed by atoms with Gasteiger partial charge in [0.25, 0.3) is 0 Å². The number of rotatable bonds is 3. The third-order valence-corrected chi connectivity index (χ3v) is 1.19. The molecule has 0 aromatic heterocycles. The van der Waals surface area contributed by atoms with Crippen LogP contribution in [0.25, 0.3) is 0 Å². The lowest BCUT2D eigenvalue weighted by Gasteiger charge is -2.13. The molecular weight excluding hydrogens is 140 g/mol. The van der Waals surface area contributed by atoms with E-state index >= 15 is 0 Å². The van der Waals surface area contributed by atoms with E-state index in [1.807, 2.05) is 20.8 Å². The van der Waals surface area contributed by atoms with Crippen LogP contribution < -0.4 is 5.73 Å². The molecule has 0 aliphatic rings. The zero-order valence-electron chi connectivity index (χ0n) is 8.05. The van der Waals surface area contributed by atoms with Crippen molar-refractivity contribution in [2.75, 3.05) is 20.1 Å². The molecule has 3 heteroatoms. The summed E-state index contributed by atoms with van der Waals surface area (Å²) in [6.07, 6.45) is 0.566. The van der Waals surface area contributed by atoms with Gasteiger partial charge in [0.2, 0.25) is 5.91 Å². The fourth-order valence-electron chi connectivity index (χ4n) is 0.588. The van der Waals surface area contributed by atoms with Gasteiger partial charge in [-0.15, -0.1) is 0 Å². The van der Waals surface area contributed by atoms with Gasteiger partial charge < -0.3 is 10.6 Å². The van der Waals surface area contributed by atoms with E-state index in [1.165, 1.54) is 0 Å². The maximum absolute atomic E-state index is 10.8. The third-order valence-electron chi connectivity index (χ3n) is 1.19. The van der Waals surface area contributed by atoms with Crippen molar-refractivity contribution in [1.82, 2.24) is 4.90 Å². The maximum atomic E-state index is 10.8. The average molecular weight is 160 g/mol. The second-order valence-electron chi connectivity index (χ2n) is 1.96. The van der Waals surface area contributed by atoms with E-state index in [0.717, 1.165) is 0 Å². The summed E-state index contributed by atoms with van der Waals surface area (Å²) in [4.78, 5) is 12.4. The van der Waals surface area contributed by atoms with Crippen LogP contribution in [0.4, 0.5) is 0 Å². The summed E-state index contributed by atoms with van der Waals surface area (Å²) in [5.41, 5.74) is 5.23. The quantitative estimate of drug-likeness (QED) is 0.665. The van der Waals surface area contributed by atoms with Gasteiger partial charge in [0, 0.05) is 26.6 Å². The van der Waals surface area contributed by atoms with E-state index in [1.54, 1.807) is 11.9 Å². The van der Waals surface area contributed by atoms with Crippen LogP contribution >= 0.6 is 0 Å². The molecular formula is C8H20N2O. The molecule has 11 heavy (non-hydrogen) atoms. The van der Waals surface area contributed by atoms with E-state index in [-0.39, 0.29) is 5.91 Å². The summed E-state index contributed by atoms with van der Waals surface area (Å²) in [5, 5.41) is 0. The van der Waals surface area contributed by atoms with Crippen LogP contribution in [0.15, 0.2) is 0 Å². The molecule has 0 aliphatic heterocycles. The van der Waals surface area contributed by atoms with Crippen LogP contribution in [0.5, 0.6) is 0 Å². The molecule has 0 unspecified atom stereocenters. The average Bonchev–Trinajstić information content (AvgIpc) is 2.07. The summed E-state index contributed by atoms with van der Waals surface area (Å²) in [6.45, 7) is 7.05. The van der Waals surface area contributed by atoms with Gasteiger partial charge in [0.15, 0.2) is 0 Å². The monoisotopic (exact) mass is 160 g/mol. The first kappa shape index (κ1) is 13.1. The summed E-state index contributed by atoms with van der Waals surface area (Å²) in [6, 6.07) is 0. The number of nitrogens with zero attached hydrogens (tertiary/aromatic N) is 1. The van der Waals surface area contributed by atoms with Gasteiger partial charge in [0.1, 0.15) is 0 Å². The minimum Gasteiger partial charge on any atom is -0.345 e. The van der Waals surface area contributed by atoms with Crippen molar-refractivity contribution in [3.63, 3.8) is 0 Å². The molecule has 0 saturated heterocycles. The Bertz CT molecular complexity index is 94.1. The molecule has 2 N–H and O–H groups in total. The van der Waals surface area contributed by atoms with Crippen molar-refractivity contribution in [3.8, 4) is 0 Å². The number of carbonyl (C=O) groups is 1. The predicted octanol–water partition coefficient (Wildman–Crippen LogP) is 0.840. The highest BCUT2D eigenvalue weighted by atomic mass is 16.2. The summed E-state index contributed by atoms with van der Waals surface area (Å²) < 4.78 is 0. The van der Waals surface area contributed by atoms with Gasteiger partial charge in [-0.25, -0.2) is 0 Å². The van der Waals surface area contributed by atoms with Crippen LogP contribution in [0, 0.1) is 0 Å². The molecule has 0 bridgehead atoms. The number of hydrogen-bond acceptors (Lipinski definition) is 2. The van der Waals surface area contributed by atoms with Crippen molar-refractivity contribution in [2.45, 2.75) is 27.2 Å². The fourth-order valence-corrected chi connectivity index (χ4v) is 0.588. The van der Waals surface area contributed by atoms with E-state index in [2.05, 4.69) is 0 Å². The SMILES string of the molecule is CC.CCC(=O)N(C)CCN. The minimum absolute atomic E-state index is 0.153. The lowest BCUT2D eigenvalue weighted by Crippen LogP contribution is -2.30. The summed E-state index contributed by atoms with van der Waals surface area (Å²) >= 11 is 0. The smallest absolute Gasteiger partial charge is 0.222 e. The molecule has 0 rings (SSSR count). The van der Waals surface area contributed by atoms with Crippen LogP contribution in [0.1, 0.15) is 27.2 Å². The normalized spacial score (nSPS) is 8.09. The minimum atomic E-state index is 0.153. The van der Waals surface area contributed by atoms with Gasteiger partial charge in [-0.2, -0.15) is 0 Å². The molecule has 0 spiro atoms. The van der Waals surface area contributed by atoms with Crippen LogP contribution in [0.2, 0.25) is 0 Å². The molecule has 0 radical (unpaired) electrons. The van der Waals surface area contributed by atoms with Crippen molar-refractivity contribution in [2.24, 2.45) is 5.73 Å². The Labute approximate surface area is 69.6 Å². The molecule has 3 nitrogen and oxygen atoms in total. The maximum Gasteiger partial charge on any atom is 0.222 e. The fraction of sp³-hybridized carbons (Fsp3) is 0.875. The third kappa shape index (κ3) is 7.33. The summed E-state index contributed by atoms with van der Waals surface area (Å²) in [5.74, 6) is 0.153. The van der Waals surface area contributed by atoms with Crippen LogP contribution in [-0.2, 0) is 4.79 Å². The molecule has 0 saturated carbocycles. The topological polar surface area (TPSA) is 46.3 Å². The van der Waals surface area contributed by atoms with Gasteiger partial charge in [-0.05, 0) is 0 Å². The van der Waals surface area contributed by atoms with E-state index in [9.17, 15) is 4.79 Å². The number of likely N-dealkylation sites (N-methyl/N-ethyl adjacent to an activating group) is 1. The molecule has 0 fully saturated rings. The number of carbonyl (C=O) groups excluding carboxylic acids is 1. The molecule has 0 aromatic rings. The van der Waals surface area contributed by atoms with Crippen molar-refractivity contribution in [3.05, 3.63) is 0 Å². The zero-order chi connectivity index (χ0) is 9.28. The molecule has 68 valence electrons. The molecule has 0 heterocycles. The number of nitrogens with two attached hydrogens (primary N) is 1. The van der Waals surface area contributed by atoms with Gasteiger partial charge in [0.05, 0.1) is 0 Å². The second kappa shape index (κ2) is 9.43. The lowest BCUT2D eigenvalue weighted by molar-refractivity contribution is -0.129. The van der Waals surface area contributed by atoms with Crippen molar-refractivity contribution in [1.29, 1.82) is 0 Å². The first-order valence-corrected chi connectivity index (χ1v) is 4.16. The van der Waals surface area contributed by atoms with E-state index in [4.69, 9.17) is 5.73 Å². The standard InChI is InChI=1S/C6H14N2O.C2H6/c1-3-6(9)8(2)5-4-7;1-2/h3-5,7H2,1-2H3;1-2H3. The Hall–Kier alpha value is -0.570. The molecule has 0 atom stereocenters. The molecule has 0 aromatic carbocycles. The Morgan fingerprint density at radius 1 is 1.45 bits per heavy atom. The molecule has 1 amide bonds. The number of hydrogen-bond donors (Lipinski definition) is 1. The van der Waals surface area contributed by atoms with E-state index in [0.29, 0.717) is 19.5 Å². The summed E-state index contributed by atoms with van der Waals surface area (Å²) in [7, 11) is 1.76.